The second kappa shape index (κ2) is 32.4. The van der Waals surface area contributed by atoms with Crippen LogP contribution in [-0.2, 0) is 66.5 Å². The van der Waals surface area contributed by atoms with Crippen molar-refractivity contribution in [2.24, 2.45) is 0 Å². The maximum Gasteiger partial charge on any atom is 0 e. The van der Waals surface area contributed by atoms with E-state index in [2.05, 4.69) is 20.2 Å². The standard InChI is InChI=1S/Ca.2ClH.Co.Cu.Mn.Zn.2H/h;2*1H;;;;;;/q+2;;;;+2;;;2*-1/p-2. The smallest absolute Gasteiger partial charge is 0 e. The molecule has 0 amide bonds. The van der Waals surface area contributed by atoms with Crippen molar-refractivity contribution in [3.05, 3.63) is 0 Å². The van der Waals surface area contributed by atoms with Crippen LogP contribution in [0.4, 0.5) is 0 Å². The molecule has 0 N–H and O–H groups in total. The molecule has 0 fully saturated rings. The van der Waals surface area contributed by atoms with Gasteiger partial charge in [0, 0.05) is 53.3 Å². The van der Waals surface area contributed by atoms with Crippen molar-refractivity contribution in [1.82, 2.24) is 0 Å². The summed E-state index contributed by atoms with van der Waals surface area (Å²) in [6.07, 6.45) is 0. The van der Waals surface area contributed by atoms with Crippen molar-refractivity contribution >= 4 is 57.9 Å². The van der Waals surface area contributed by atoms with Gasteiger partial charge in [-0.3, -0.25) is 0 Å². The molecule has 0 rings (SSSR count). The minimum Gasteiger partial charge on any atom is -1.00 e. The largest absolute Gasteiger partial charge is 1.00 e. The molecule has 0 unspecified atom stereocenters. The van der Waals surface area contributed by atoms with E-state index in [1.165, 1.54) is 0 Å². The van der Waals surface area contributed by atoms with Crippen molar-refractivity contribution in [3.8, 4) is 0 Å². The van der Waals surface area contributed by atoms with Gasteiger partial charge in [-0.2, -0.15) is 0 Å². The third kappa shape index (κ3) is 39.9. The summed E-state index contributed by atoms with van der Waals surface area (Å²) in [5.74, 6) is 0. The first kappa shape index (κ1) is 30.5. The molecule has 0 aliphatic rings. The fraction of sp³-hybridized carbons (Fsp3) is 0. The molecule has 0 aromatic carbocycles. The van der Waals surface area contributed by atoms with Gasteiger partial charge >= 0.3 is 71.1 Å². The van der Waals surface area contributed by atoms with Crippen LogP contribution in [0.5, 0.6) is 0 Å². The zero-order valence-corrected chi connectivity index (χ0v) is 13.0. The maximum atomic E-state index is 4.67. The van der Waals surface area contributed by atoms with Crippen molar-refractivity contribution in [2.75, 3.05) is 0 Å². The summed E-state index contributed by atoms with van der Waals surface area (Å²) in [6.45, 7) is 0. The first-order chi connectivity index (χ1) is 1.41. The van der Waals surface area contributed by atoms with E-state index < -0.39 is 0 Å². The molecule has 0 saturated carbocycles. The molecule has 2 radical (unpaired) electrons. The third-order valence-corrected chi connectivity index (χ3v) is 0. The number of halogens is 2. The van der Waals surface area contributed by atoms with E-state index >= 15 is 0 Å². The van der Waals surface area contributed by atoms with Gasteiger partial charge in [-0.1, -0.05) is 0 Å². The summed E-state index contributed by atoms with van der Waals surface area (Å²) in [4.78, 5) is 0. The van der Waals surface area contributed by atoms with Crippen LogP contribution in [0.3, 0.4) is 0 Å². The maximum absolute atomic E-state index is 4.67. The minimum absolute atomic E-state index is 0. The fourth-order valence-electron chi connectivity index (χ4n) is 0. The molecular formula is H2CaCl2CoCuMnZn. The molecule has 7 heteroatoms. The second-order valence-electron chi connectivity index (χ2n) is 0.0431. The summed E-state index contributed by atoms with van der Waals surface area (Å²) in [6, 6.07) is 0. The Labute approximate surface area is 125 Å². The molecule has 0 aromatic heterocycles. The van der Waals surface area contributed by atoms with Crippen LogP contribution in [0, 0.1) is 0 Å². The third-order valence-electron chi connectivity index (χ3n) is 0. The van der Waals surface area contributed by atoms with Crippen LogP contribution in [-0.4, -0.2) is 37.7 Å². The number of rotatable bonds is 0. The molecule has 0 nitrogen and oxygen atoms in total. The van der Waals surface area contributed by atoms with Gasteiger partial charge < -0.3 is 2.85 Å². The van der Waals surface area contributed by atoms with Gasteiger partial charge in [0.1, 0.15) is 0 Å². The van der Waals surface area contributed by atoms with Gasteiger partial charge in [0.05, 0.1) is 0 Å². The molecule has 7 heavy (non-hydrogen) atoms. The Bertz CT molecular complexity index is 24.5. The van der Waals surface area contributed by atoms with E-state index in [9.17, 15) is 0 Å². The molecule has 0 atom stereocenters. The molecule has 0 aliphatic carbocycles. The SMILES string of the molecule is [Ca+2].[Cl][Cu][Cl].[Co].[H-].[H-].[Mn].[Zn]. The van der Waals surface area contributed by atoms with Crippen LogP contribution in [0.1, 0.15) is 2.85 Å². The Kier molecular flexibility index (Phi) is 141. The molecule has 0 saturated heterocycles. The average molecular weight is 356 g/mol. The van der Waals surface area contributed by atoms with E-state index in [1.807, 2.05) is 0 Å². The summed E-state index contributed by atoms with van der Waals surface area (Å²) < 4.78 is 0. The van der Waals surface area contributed by atoms with Crippen molar-refractivity contribution in [1.29, 1.82) is 0 Å². The molecule has 0 bridgehead atoms. The van der Waals surface area contributed by atoms with Crippen LogP contribution in [0.15, 0.2) is 0 Å². The quantitative estimate of drug-likeness (QED) is 0.573. The van der Waals surface area contributed by atoms with E-state index in [-0.39, 0.29) is 93.9 Å². The van der Waals surface area contributed by atoms with Crippen LogP contribution in [0.2, 0.25) is 0 Å². The Balaban J connectivity index is -0.00000000133. The normalized spacial score (nSPS) is 3.14. The predicted molar refractivity (Wildman–Crippen MR) is 19.7 cm³/mol. The first-order valence-electron chi connectivity index (χ1n) is 0.228. The topological polar surface area (TPSA) is 0 Å². The Hall–Kier alpha value is 4.01. The van der Waals surface area contributed by atoms with Gasteiger partial charge in [0.15, 0.2) is 0 Å². The summed E-state index contributed by atoms with van der Waals surface area (Å²) in [5.41, 5.74) is 0. The predicted octanol–water partition coefficient (Wildman–Crippen LogP) is 1.21. The zero-order valence-electron chi connectivity index (χ0n) is 5.18. The first-order valence-corrected chi connectivity index (χ1v) is 2.82. The van der Waals surface area contributed by atoms with Crippen molar-refractivity contribution in [2.45, 2.75) is 0 Å². The van der Waals surface area contributed by atoms with E-state index in [4.69, 9.17) is 0 Å². The molecule has 0 aliphatic heterocycles. The Morgan fingerprint density at radius 1 is 1.29 bits per heavy atom. The van der Waals surface area contributed by atoms with Crippen LogP contribution < -0.4 is 0 Å². The number of hydrogen-bond donors (Lipinski definition) is 0. The summed E-state index contributed by atoms with van der Waals surface area (Å²) in [5, 5.41) is 0. The van der Waals surface area contributed by atoms with Gasteiger partial charge in [-0.25, -0.2) is 0 Å². The number of hydrogen-bond acceptors (Lipinski definition) is 0. The van der Waals surface area contributed by atoms with Gasteiger partial charge in [0.25, 0.3) is 0 Å². The van der Waals surface area contributed by atoms with Crippen LogP contribution >= 0.6 is 20.2 Å². The van der Waals surface area contributed by atoms with Gasteiger partial charge in [-0.05, 0) is 0 Å². The monoisotopic (exact) mass is 353 g/mol. The van der Waals surface area contributed by atoms with Gasteiger partial charge in [-0.15, -0.1) is 0 Å². The summed E-state index contributed by atoms with van der Waals surface area (Å²) >= 11 is 0.757. The molecular weight excluding hydrogens is 354 g/mol. The molecule has 0 heterocycles. The average Bonchev–Trinajstić information content (AvgIpc) is 0.918. The Morgan fingerprint density at radius 2 is 1.29 bits per heavy atom. The second-order valence-corrected chi connectivity index (χ2v) is 1.60. The molecule has 0 spiro atoms. The van der Waals surface area contributed by atoms with E-state index in [0.717, 1.165) is 13.1 Å². The van der Waals surface area contributed by atoms with Crippen molar-refractivity contribution < 1.29 is 69.3 Å². The van der Waals surface area contributed by atoms with Crippen LogP contribution in [0.25, 0.3) is 0 Å². The molecule has 0 aromatic rings. The minimum atomic E-state index is 0. The molecule has 47 valence electrons. The van der Waals surface area contributed by atoms with E-state index in [0.29, 0.717) is 0 Å². The Morgan fingerprint density at radius 3 is 1.29 bits per heavy atom. The van der Waals surface area contributed by atoms with Gasteiger partial charge in [0.2, 0.25) is 0 Å². The van der Waals surface area contributed by atoms with Crippen molar-refractivity contribution in [3.63, 3.8) is 0 Å². The van der Waals surface area contributed by atoms with E-state index in [1.54, 1.807) is 0 Å². The zero-order chi connectivity index (χ0) is 2.71. The summed E-state index contributed by atoms with van der Waals surface area (Å²) in [7, 11) is 9.34. The fourth-order valence-corrected chi connectivity index (χ4v) is 0.